The van der Waals surface area contributed by atoms with Crippen molar-refractivity contribution in [2.75, 3.05) is 11.9 Å². The zero-order valence-corrected chi connectivity index (χ0v) is 16.6. The van der Waals surface area contributed by atoms with Crippen molar-refractivity contribution in [3.63, 3.8) is 0 Å². The molecule has 2 aromatic rings. The first kappa shape index (κ1) is 18.6. The highest BCUT2D eigenvalue weighted by atomic mass is 32.2. The molecule has 0 saturated heterocycles. The number of nitrogens with zero attached hydrogens (tertiary/aromatic N) is 3. The molecular formula is C19H22FN5O3S. The van der Waals surface area contributed by atoms with Crippen molar-refractivity contribution >= 4 is 21.6 Å². The van der Waals surface area contributed by atoms with Crippen LogP contribution in [0.15, 0.2) is 21.5 Å². The number of ether oxygens (including phenoxy) is 1. The monoisotopic (exact) mass is 419 g/mol. The second-order valence-corrected chi connectivity index (χ2v) is 9.47. The zero-order valence-electron chi connectivity index (χ0n) is 15.8. The smallest absolute Gasteiger partial charge is 0.354 e. The quantitative estimate of drug-likeness (QED) is 0.779. The lowest BCUT2D eigenvalue weighted by molar-refractivity contribution is 0.224. The zero-order chi connectivity index (χ0) is 20.2. The van der Waals surface area contributed by atoms with Crippen LogP contribution in [0.3, 0.4) is 0 Å². The molecule has 2 heterocycles. The molecule has 1 aromatic carbocycles. The molecule has 2 amide bonds. The number of amides is 2. The molecule has 0 spiro atoms. The lowest BCUT2D eigenvalue weighted by Gasteiger charge is -2.16. The molecule has 1 aromatic heterocycles. The Labute approximate surface area is 167 Å². The molecule has 8 nitrogen and oxygen atoms in total. The van der Waals surface area contributed by atoms with Crippen molar-refractivity contribution in [3.05, 3.63) is 34.5 Å². The maximum atomic E-state index is 14.0. The fourth-order valence-electron chi connectivity index (χ4n) is 4.50. The first-order valence-corrected chi connectivity index (χ1v) is 11.4. The third-order valence-electron chi connectivity index (χ3n) is 5.75. The number of aryl methyl sites for hydroxylation is 2. The van der Waals surface area contributed by atoms with Gasteiger partial charge >= 0.3 is 6.03 Å². The number of urea groups is 1. The Bertz CT molecular complexity index is 1140. The van der Waals surface area contributed by atoms with Gasteiger partial charge in [-0.1, -0.05) is 6.07 Å². The molecule has 0 saturated carbocycles. The fraction of sp³-hybridized carbons (Fsp3) is 0.474. The molecule has 10 heteroatoms. The molecular weight excluding hydrogens is 397 g/mol. The highest BCUT2D eigenvalue weighted by molar-refractivity contribution is 7.91. The van der Waals surface area contributed by atoms with E-state index in [9.17, 15) is 13.4 Å². The highest BCUT2D eigenvalue weighted by Crippen LogP contribution is 2.39. The van der Waals surface area contributed by atoms with Gasteiger partial charge in [0.05, 0.1) is 12.8 Å². The molecule has 2 aliphatic carbocycles. The molecule has 3 N–H and O–H groups in total. The fourth-order valence-corrected chi connectivity index (χ4v) is 5.50. The van der Waals surface area contributed by atoms with Crippen molar-refractivity contribution in [2.24, 2.45) is 9.50 Å². The van der Waals surface area contributed by atoms with Crippen LogP contribution in [0.4, 0.5) is 14.9 Å². The third kappa shape index (κ3) is 3.20. The maximum Gasteiger partial charge on any atom is 0.354 e. The van der Waals surface area contributed by atoms with Crippen LogP contribution in [0, 0.1) is 0 Å². The van der Waals surface area contributed by atoms with E-state index in [1.807, 2.05) is 0 Å². The van der Waals surface area contributed by atoms with Gasteiger partial charge in [0.15, 0.2) is 9.92 Å². The number of rotatable bonds is 2. The third-order valence-corrected chi connectivity index (χ3v) is 7.09. The van der Waals surface area contributed by atoms with Crippen LogP contribution in [-0.4, -0.2) is 32.8 Å². The predicted octanol–water partition coefficient (Wildman–Crippen LogP) is 2.52. The molecule has 0 radical (unpaired) electrons. The summed E-state index contributed by atoms with van der Waals surface area (Å²) in [5.41, 5.74) is 4.53. The Balaban J connectivity index is 1.49. The molecule has 154 valence electrons. The molecule has 5 rings (SSSR count). The van der Waals surface area contributed by atoms with Crippen LogP contribution >= 0.6 is 0 Å². The summed E-state index contributed by atoms with van der Waals surface area (Å²) in [5, 5.41) is 12.8. The Morgan fingerprint density at radius 3 is 3.03 bits per heavy atom. The van der Waals surface area contributed by atoms with Crippen LogP contribution in [0.25, 0.3) is 0 Å². The number of anilines is 1. The van der Waals surface area contributed by atoms with E-state index in [1.54, 1.807) is 4.68 Å². The van der Waals surface area contributed by atoms with Crippen LogP contribution in [-0.2, 0) is 42.1 Å². The molecule has 0 fully saturated rings. The van der Waals surface area contributed by atoms with Crippen molar-refractivity contribution in [3.8, 4) is 5.88 Å². The van der Waals surface area contributed by atoms with E-state index in [1.165, 1.54) is 6.20 Å². The van der Waals surface area contributed by atoms with E-state index in [-0.39, 0.29) is 11.3 Å². The van der Waals surface area contributed by atoms with Gasteiger partial charge in [0.25, 0.3) is 0 Å². The van der Waals surface area contributed by atoms with Gasteiger partial charge in [-0.05, 0) is 41.5 Å². The lowest BCUT2D eigenvalue weighted by Crippen LogP contribution is -2.21. The largest absolute Gasteiger partial charge is 0.477 e. The lowest BCUT2D eigenvalue weighted by atomic mass is 9.99. The van der Waals surface area contributed by atoms with Gasteiger partial charge in [-0.15, -0.1) is 4.36 Å². The molecule has 0 unspecified atom stereocenters. The minimum absolute atomic E-state index is 0.111. The van der Waals surface area contributed by atoms with Gasteiger partial charge in [0, 0.05) is 31.5 Å². The number of benzene rings is 1. The van der Waals surface area contributed by atoms with Crippen molar-refractivity contribution < 1.29 is 18.1 Å². The Kier molecular flexibility index (Phi) is 4.36. The second-order valence-electron chi connectivity index (χ2n) is 7.72. The minimum Gasteiger partial charge on any atom is -0.477 e. The average Bonchev–Trinajstić information content (AvgIpc) is 3.37. The second kappa shape index (κ2) is 6.81. The number of aromatic nitrogens is 2. The number of carbonyl (C=O) groups excluding carboxylic acids is 1. The van der Waals surface area contributed by atoms with Gasteiger partial charge in [-0.25, -0.2) is 23.2 Å². The summed E-state index contributed by atoms with van der Waals surface area (Å²) >= 11 is 0. The highest BCUT2D eigenvalue weighted by Gasteiger charge is 2.30. The van der Waals surface area contributed by atoms with Crippen molar-refractivity contribution in [1.82, 2.24) is 9.78 Å². The first-order valence-electron chi connectivity index (χ1n) is 9.77. The predicted molar refractivity (Wildman–Crippen MR) is 105 cm³/mol. The standard InChI is InChI=1S/C19H22FN5O3S/c20-13-8-12-7-11-3-1-4-14(11)17(15(12)9-13)23-19(26)24-29(21,27)16-10-22-25-5-2-6-28-18(16)25/h7,10,13H,1-6,8-9H2,(H3,21,23,24,26,27)/t13-,29-/m0/s1. The summed E-state index contributed by atoms with van der Waals surface area (Å²) in [6.45, 7) is 1.09. The summed E-state index contributed by atoms with van der Waals surface area (Å²) in [4.78, 5) is 12.8. The molecule has 3 aliphatic rings. The van der Waals surface area contributed by atoms with E-state index >= 15 is 0 Å². The SMILES string of the molecule is N[S@](=O)(=NC(=O)Nc1c2c(cc3c1C[C@@H](F)C3)CCC2)c1cnn2c1OCCC2. The molecule has 29 heavy (non-hydrogen) atoms. The van der Waals surface area contributed by atoms with Crippen LogP contribution in [0.1, 0.15) is 35.1 Å². The number of carbonyl (C=O) groups is 1. The van der Waals surface area contributed by atoms with Gasteiger partial charge in [0.1, 0.15) is 11.1 Å². The molecule has 0 bridgehead atoms. The number of nitrogens with two attached hydrogens (primary N) is 1. The first-order chi connectivity index (χ1) is 13.9. The van der Waals surface area contributed by atoms with Crippen molar-refractivity contribution in [1.29, 1.82) is 0 Å². The van der Waals surface area contributed by atoms with Crippen LogP contribution in [0.5, 0.6) is 5.88 Å². The number of halogens is 1. The Morgan fingerprint density at radius 1 is 1.31 bits per heavy atom. The number of hydrogen-bond donors (Lipinski definition) is 2. The summed E-state index contributed by atoms with van der Waals surface area (Å²) < 4.78 is 37.9. The molecule has 1 aliphatic heterocycles. The van der Waals surface area contributed by atoms with Gasteiger partial charge in [-0.2, -0.15) is 5.10 Å². The minimum atomic E-state index is -3.54. The van der Waals surface area contributed by atoms with E-state index in [0.717, 1.165) is 47.9 Å². The van der Waals surface area contributed by atoms with E-state index < -0.39 is 22.1 Å². The summed E-state index contributed by atoms with van der Waals surface area (Å²) in [6, 6.07) is 1.25. The van der Waals surface area contributed by atoms with Crippen molar-refractivity contribution in [2.45, 2.75) is 56.1 Å². The Morgan fingerprint density at radius 2 is 2.17 bits per heavy atom. The summed E-state index contributed by atoms with van der Waals surface area (Å²) in [6.07, 6.45) is 4.52. The van der Waals surface area contributed by atoms with Gasteiger partial charge < -0.3 is 10.1 Å². The Hall–Kier alpha value is -2.46. The summed E-state index contributed by atoms with van der Waals surface area (Å²) in [5.74, 6) is 0.294. The number of hydrogen-bond acceptors (Lipinski definition) is 4. The average molecular weight is 419 g/mol. The van der Waals surface area contributed by atoms with E-state index in [0.29, 0.717) is 31.1 Å². The van der Waals surface area contributed by atoms with Crippen LogP contribution in [0.2, 0.25) is 0 Å². The number of fused-ring (bicyclic) bond motifs is 3. The van der Waals surface area contributed by atoms with Gasteiger partial charge in [-0.3, -0.25) is 0 Å². The van der Waals surface area contributed by atoms with E-state index in [4.69, 9.17) is 9.88 Å². The normalized spacial score (nSPS) is 21.5. The topological polar surface area (TPSA) is 112 Å². The van der Waals surface area contributed by atoms with Gasteiger partial charge in [0.2, 0.25) is 5.88 Å². The maximum absolute atomic E-state index is 14.0. The van der Waals surface area contributed by atoms with E-state index in [2.05, 4.69) is 20.8 Å². The number of alkyl halides is 1. The summed E-state index contributed by atoms with van der Waals surface area (Å²) in [7, 11) is -3.54. The number of nitrogens with one attached hydrogen (secondary N) is 1. The van der Waals surface area contributed by atoms with Crippen LogP contribution < -0.4 is 15.2 Å². The molecule has 2 atom stereocenters.